The van der Waals surface area contributed by atoms with Crippen molar-refractivity contribution in [3.8, 4) is 11.3 Å². The molecule has 0 spiro atoms. The Labute approximate surface area is 220 Å². The van der Waals surface area contributed by atoms with Gasteiger partial charge in [-0.05, 0) is 68.7 Å². The molecular weight excluding hydrogens is 463 g/mol. The lowest BCUT2D eigenvalue weighted by Crippen LogP contribution is -2.38. The maximum absolute atomic E-state index is 15.1. The summed E-state index contributed by atoms with van der Waals surface area (Å²) >= 11 is 0. The number of amides is 1. The van der Waals surface area contributed by atoms with E-state index >= 15 is 4.39 Å². The van der Waals surface area contributed by atoms with Crippen LogP contribution in [0.25, 0.3) is 11.3 Å². The monoisotopic (exact) mass is 502 g/mol. The Morgan fingerprint density at radius 1 is 1.00 bits per heavy atom. The highest BCUT2D eigenvalue weighted by Gasteiger charge is 2.29. The Morgan fingerprint density at radius 3 is 2.24 bits per heavy atom. The molecule has 0 saturated carbocycles. The SMILES string of the molecule is Cc1nc(N2CCCCC2)nc(-c2ccccc2F)c1C(=O)N(Cc1ccc(C(C)(C)C)cc1)C(C)C. The van der Waals surface area contributed by atoms with Crippen molar-refractivity contribution in [3.63, 3.8) is 0 Å². The summed E-state index contributed by atoms with van der Waals surface area (Å²) in [6.07, 6.45) is 3.34. The number of carbonyl (C=O) groups is 1. The molecule has 0 radical (unpaired) electrons. The maximum atomic E-state index is 15.1. The van der Waals surface area contributed by atoms with Crippen LogP contribution in [0.3, 0.4) is 0 Å². The van der Waals surface area contributed by atoms with Gasteiger partial charge in [0, 0.05) is 31.2 Å². The summed E-state index contributed by atoms with van der Waals surface area (Å²) in [6.45, 7) is 14.6. The Kier molecular flexibility index (Phi) is 7.96. The summed E-state index contributed by atoms with van der Waals surface area (Å²) in [4.78, 5) is 27.7. The minimum Gasteiger partial charge on any atom is -0.341 e. The number of aromatic nitrogens is 2. The highest BCUT2D eigenvalue weighted by Crippen LogP contribution is 2.31. The molecule has 1 aliphatic heterocycles. The van der Waals surface area contributed by atoms with Crippen LogP contribution >= 0.6 is 0 Å². The highest BCUT2D eigenvalue weighted by atomic mass is 19.1. The lowest BCUT2D eigenvalue weighted by molar-refractivity contribution is 0.0689. The molecule has 0 unspecified atom stereocenters. The summed E-state index contributed by atoms with van der Waals surface area (Å²) in [7, 11) is 0. The standard InChI is InChI=1S/C31H39FN4O/c1-21(2)36(20-23-14-16-24(17-15-23)31(4,5)6)29(37)27-22(3)33-30(35-18-10-7-11-19-35)34-28(27)25-12-8-9-13-26(25)32/h8-9,12-17,21H,7,10-11,18-20H2,1-6H3. The molecular formula is C31H39FN4O. The summed E-state index contributed by atoms with van der Waals surface area (Å²) < 4.78 is 15.1. The normalized spacial score (nSPS) is 14.2. The summed E-state index contributed by atoms with van der Waals surface area (Å²) in [6, 6.07) is 14.9. The number of hydrogen-bond donors (Lipinski definition) is 0. The number of piperidine rings is 1. The molecule has 6 heteroatoms. The third-order valence-electron chi connectivity index (χ3n) is 7.12. The number of anilines is 1. The maximum Gasteiger partial charge on any atom is 0.258 e. The smallest absolute Gasteiger partial charge is 0.258 e. The van der Waals surface area contributed by atoms with Crippen molar-refractivity contribution in [1.82, 2.24) is 14.9 Å². The zero-order valence-corrected chi connectivity index (χ0v) is 23.0. The molecule has 196 valence electrons. The molecule has 1 fully saturated rings. The molecule has 0 atom stereocenters. The predicted octanol–water partition coefficient (Wildman–Crippen LogP) is 6.93. The Balaban J connectivity index is 1.76. The molecule has 5 nitrogen and oxygen atoms in total. The molecule has 1 aromatic heterocycles. The van der Waals surface area contributed by atoms with Crippen molar-refractivity contribution in [2.45, 2.75) is 78.8 Å². The van der Waals surface area contributed by atoms with Gasteiger partial charge in [0.2, 0.25) is 5.95 Å². The van der Waals surface area contributed by atoms with Crippen LogP contribution in [0.1, 0.15) is 81.1 Å². The minimum atomic E-state index is -0.395. The molecule has 1 saturated heterocycles. The first kappa shape index (κ1) is 26.8. The van der Waals surface area contributed by atoms with E-state index in [1.54, 1.807) is 18.2 Å². The van der Waals surface area contributed by atoms with Crippen molar-refractivity contribution < 1.29 is 9.18 Å². The van der Waals surface area contributed by atoms with Gasteiger partial charge in [0.1, 0.15) is 5.82 Å². The lowest BCUT2D eigenvalue weighted by atomic mass is 9.86. The average molecular weight is 503 g/mol. The van der Waals surface area contributed by atoms with Crippen molar-refractivity contribution in [2.24, 2.45) is 0 Å². The van der Waals surface area contributed by atoms with Gasteiger partial charge in [-0.2, -0.15) is 0 Å². The Bertz CT molecular complexity index is 1240. The second-order valence-electron chi connectivity index (χ2n) is 11.3. The van der Waals surface area contributed by atoms with E-state index in [4.69, 9.17) is 9.97 Å². The number of carbonyl (C=O) groups excluding carboxylic acids is 1. The average Bonchev–Trinajstić information content (AvgIpc) is 2.87. The van der Waals surface area contributed by atoms with E-state index in [0.29, 0.717) is 35.0 Å². The molecule has 0 bridgehead atoms. The number of nitrogens with zero attached hydrogens (tertiary/aromatic N) is 4. The second-order valence-corrected chi connectivity index (χ2v) is 11.3. The summed E-state index contributed by atoms with van der Waals surface area (Å²) in [5, 5.41) is 0. The fourth-order valence-corrected chi connectivity index (χ4v) is 4.84. The van der Waals surface area contributed by atoms with Gasteiger partial charge in [0.05, 0.1) is 17.0 Å². The lowest BCUT2D eigenvalue weighted by Gasteiger charge is -2.30. The van der Waals surface area contributed by atoms with Gasteiger partial charge in [-0.15, -0.1) is 0 Å². The second kappa shape index (κ2) is 11.0. The zero-order chi connectivity index (χ0) is 26.7. The number of rotatable bonds is 6. The first-order valence-electron chi connectivity index (χ1n) is 13.3. The van der Waals surface area contributed by atoms with Crippen molar-refractivity contribution in [1.29, 1.82) is 0 Å². The molecule has 0 aliphatic carbocycles. The summed E-state index contributed by atoms with van der Waals surface area (Å²) in [5.74, 6) is -0.00942. The largest absolute Gasteiger partial charge is 0.341 e. The number of benzene rings is 2. The van der Waals surface area contributed by atoms with Gasteiger partial charge in [0.25, 0.3) is 5.91 Å². The zero-order valence-electron chi connectivity index (χ0n) is 23.0. The molecule has 2 heterocycles. The molecule has 2 aromatic carbocycles. The highest BCUT2D eigenvalue weighted by molar-refractivity contribution is 6.01. The van der Waals surface area contributed by atoms with Crippen LogP contribution in [0, 0.1) is 12.7 Å². The molecule has 1 aliphatic rings. The molecule has 4 rings (SSSR count). The Hall–Kier alpha value is -3.28. The van der Waals surface area contributed by atoms with Gasteiger partial charge >= 0.3 is 0 Å². The van der Waals surface area contributed by atoms with Crippen molar-refractivity contribution in [3.05, 3.63) is 76.7 Å². The molecule has 3 aromatic rings. The predicted molar refractivity (Wildman–Crippen MR) is 148 cm³/mol. The van der Waals surface area contributed by atoms with Crippen LogP contribution in [0.5, 0.6) is 0 Å². The fraction of sp³-hybridized carbons (Fsp3) is 0.452. The van der Waals surface area contributed by atoms with Crippen LogP contribution in [0.15, 0.2) is 48.5 Å². The van der Waals surface area contributed by atoms with E-state index < -0.39 is 5.82 Å². The van der Waals surface area contributed by atoms with E-state index in [0.717, 1.165) is 31.5 Å². The van der Waals surface area contributed by atoms with Crippen LogP contribution in [0.2, 0.25) is 0 Å². The third-order valence-corrected chi connectivity index (χ3v) is 7.12. The molecule has 0 N–H and O–H groups in total. The van der Waals surface area contributed by atoms with Crippen LogP contribution in [-0.4, -0.2) is 39.9 Å². The van der Waals surface area contributed by atoms with Gasteiger partial charge < -0.3 is 9.80 Å². The van der Waals surface area contributed by atoms with Gasteiger partial charge in [-0.3, -0.25) is 4.79 Å². The first-order valence-corrected chi connectivity index (χ1v) is 13.3. The first-order chi connectivity index (χ1) is 17.6. The van der Waals surface area contributed by atoms with E-state index in [9.17, 15) is 4.79 Å². The van der Waals surface area contributed by atoms with Crippen molar-refractivity contribution in [2.75, 3.05) is 18.0 Å². The van der Waals surface area contributed by atoms with Gasteiger partial charge in [0.15, 0.2) is 0 Å². The van der Waals surface area contributed by atoms with E-state index in [2.05, 4.69) is 49.9 Å². The number of hydrogen-bond acceptors (Lipinski definition) is 4. The fourth-order valence-electron chi connectivity index (χ4n) is 4.84. The number of halogens is 1. The van der Waals surface area contributed by atoms with Gasteiger partial charge in [-0.1, -0.05) is 57.2 Å². The van der Waals surface area contributed by atoms with E-state index in [1.165, 1.54) is 18.1 Å². The Morgan fingerprint density at radius 2 is 1.65 bits per heavy atom. The van der Waals surface area contributed by atoms with Crippen LogP contribution in [-0.2, 0) is 12.0 Å². The third kappa shape index (κ3) is 6.00. The molecule has 37 heavy (non-hydrogen) atoms. The minimum absolute atomic E-state index is 0.0608. The van der Waals surface area contributed by atoms with E-state index in [1.807, 2.05) is 25.7 Å². The summed E-state index contributed by atoms with van der Waals surface area (Å²) in [5.41, 5.74) is 3.99. The van der Waals surface area contributed by atoms with Crippen LogP contribution < -0.4 is 4.90 Å². The molecule has 1 amide bonds. The van der Waals surface area contributed by atoms with Gasteiger partial charge in [-0.25, -0.2) is 14.4 Å². The quantitative estimate of drug-likeness (QED) is 0.367. The topological polar surface area (TPSA) is 49.3 Å². The van der Waals surface area contributed by atoms with Crippen LogP contribution in [0.4, 0.5) is 10.3 Å². The van der Waals surface area contributed by atoms with E-state index in [-0.39, 0.29) is 17.4 Å². The number of aryl methyl sites for hydroxylation is 1. The van der Waals surface area contributed by atoms with Crippen molar-refractivity contribution >= 4 is 11.9 Å².